The summed E-state index contributed by atoms with van der Waals surface area (Å²) in [6.45, 7) is 2.65. The number of fused-ring (bicyclic) bond motifs is 3. The highest BCUT2D eigenvalue weighted by atomic mass is 16.5. The van der Waals surface area contributed by atoms with Crippen LogP contribution in [0, 0.1) is 5.92 Å². The molecular weight excluding hydrogens is 468 g/mol. The number of methoxy groups -OCH3 is 1. The van der Waals surface area contributed by atoms with Crippen molar-refractivity contribution in [1.29, 1.82) is 0 Å². The molecule has 5 rings (SSSR count). The number of hydrogen-bond acceptors (Lipinski definition) is 5. The van der Waals surface area contributed by atoms with E-state index in [1.807, 2.05) is 60.7 Å². The van der Waals surface area contributed by atoms with Gasteiger partial charge in [0, 0.05) is 30.8 Å². The number of amides is 2. The largest absolute Gasteiger partial charge is 0.466 e. The van der Waals surface area contributed by atoms with E-state index in [9.17, 15) is 14.4 Å². The normalized spacial score (nSPS) is 22.4. The van der Waals surface area contributed by atoms with Crippen molar-refractivity contribution in [3.63, 3.8) is 0 Å². The lowest BCUT2D eigenvalue weighted by molar-refractivity contribution is -0.149. The fourth-order valence-electron chi connectivity index (χ4n) is 5.77. The van der Waals surface area contributed by atoms with Crippen molar-refractivity contribution in [2.75, 3.05) is 31.8 Å². The molecule has 7 heteroatoms. The molecule has 1 fully saturated rings. The van der Waals surface area contributed by atoms with E-state index in [0.29, 0.717) is 18.7 Å². The molecule has 3 aromatic rings. The van der Waals surface area contributed by atoms with Gasteiger partial charge < -0.3 is 19.3 Å². The fraction of sp³-hybridized carbons (Fsp3) is 0.300. The lowest BCUT2D eigenvalue weighted by Crippen LogP contribution is -2.54. The van der Waals surface area contributed by atoms with Crippen LogP contribution in [0.4, 0.5) is 5.69 Å². The van der Waals surface area contributed by atoms with Crippen LogP contribution in [0.25, 0.3) is 0 Å². The molecule has 0 aliphatic carbocycles. The number of nitrogens with zero attached hydrogens (tertiary/aromatic N) is 2. The molecule has 0 radical (unpaired) electrons. The summed E-state index contributed by atoms with van der Waals surface area (Å²) in [5.74, 6) is -2.25. The molecule has 0 bridgehead atoms. The smallest absolute Gasteiger partial charge is 0.312 e. The van der Waals surface area contributed by atoms with Gasteiger partial charge in [-0.25, -0.2) is 0 Å². The highest BCUT2D eigenvalue weighted by Gasteiger charge is 2.61. The predicted molar refractivity (Wildman–Crippen MR) is 139 cm³/mol. The molecule has 2 aliphatic heterocycles. The second kappa shape index (κ2) is 10.6. The quantitative estimate of drug-likeness (QED) is 0.456. The minimum atomic E-state index is -0.876. The summed E-state index contributed by atoms with van der Waals surface area (Å²) in [5, 5.41) is 0. The lowest BCUT2D eigenvalue weighted by atomic mass is 9.77. The molecule has 4 atom stereocenters. The molecule has 0 saturated carbocycles. The summed E-state index contributed by atoms with van der Waals surface area (Å²) in [6.07, 6.45) is 0. The van der Waals surface area contributed by atoms with Crippen molar-refractivity contribution in [2.24, 2.45) is 5.92 Å². The van der Waals surface area contributed by atoms with E-state index in [1.54, 1.807) is 48.1 Å². The Hall–Kier alpha value is -3.97. The number of rotatable bonds is 7. The highest BCUT2D eigenvalue weighted by molar-refractivity contribution is 6.07. The molecule has 37 heavy (non-hydrogen) atoms. The van der Waals surface area contributed by atoms with Gasteiger partial charge in [0.1, 0.15) is 6.04 Å². The third-order valence-corrected chi connectivity index (χ3v) is 7.25. The molecule has 2 heterocycles. The monoisotopic (exact) mass is 498 g/mol. The van der Waals surface area contributed by atoms with Gasteiger partial charge in [0.2, 0.25) is 0 Å². The Labute approximate surface area is 216 Å². The molecule has 0 unspecified atom stereocenters. The topological polar surface area (TPSA) is 76.2 Å². The van der Waals surface area contributed by atoms with Gasteiger partial charge >= 0.3 is 5.97 Å². The Morgan fingerprint density at radius 1 is 0.865 bits per heavy atom. The van der Waals surface area contributed by atoms with Crippen molar-refractivity contribution in [1.82, 2.24) is 4.90 Å². The number of esters is 1. The van der Waals surface area contributed by atoms with Gasteiger partial charge in [-0.1, -0.05) is 66.7 Å². The van der Waals surface area contributed by atoms with Crippen LogP contribution in [0.15, 0.2) is 84.9 Å². The first-order valence-electron chi connectivity index (χ1n) is 12.6. The summed E-state index contributed by atoms with van der Waals surface area (Å²) >= 11 is 0. The Bertz CT molecular complexity index is 1280. The summed E-state index contributed by atoms with van der Waals surface area (Å²) < 4.78 is 10.9. The molecule has 2 amide bonds. The Balaban J connectivity index is 1.74. The van der Waals surface area contributed by atoms with Crippen LogP contribution in [0.2, 0.25) is 0 Å². The number of benzene rings is 3. The molecular formula is C30H30N2O5. The summed E-state index contributed by atoms with van der Waals surface area (Å²) in [6, 6.07) is 24.4. The van der Waals surface area contributed by atoms with E-state index in [1.165, 1.54) is 0 Å². The number of anilines is 1. The van der Waals surface area contributed by atoms with E-state index >= 15 is 0 Å². The average Bonchev–Trinajstić information content (AvgIpc) is 3.30. The second-order valence-corrected chi connectivity index (χ2v) is 9.22. The molecule has 0 aromatic heterocycles. The van der Waals surface area contributed by atoms with E-state index in [4.69, 9.17) is 9.47 Å². The number of para-hydroxylation sites is 1. The zero-order valence-corrected chi connectivity index (χ0v) is 20.9. The number of ether oxygens (including phenoxy) is 2. The van der Waals surface area contributed by atoms with E-state index in [-0.39, 0.29) is 18.4 Å². The number of likely N-dealkylation sites (tertiary alicyclic amines) is 1. The van der Waals surface area contributed by atoms with Gasteiger partial charge in [0.05, 0.1) is 25.2 Å². The fourth-order valence-corrected chi connectivity index (χ4v) is 5.77. The third-order valence-electron chi connectivity index (χ3n) is 7.25. The maximum atomic E-state index is 14.2. The Kier molecular flexibility index (Phi) is 7.06. The van der Waals surface area contributed by atoms with Gasteiger partial charge in [-0.3, -0.25) is 14.4 Å². The average molecular weight is 499 g/mol. The van der Waals surface area contributed by atoms with Crippen molar-refractivity contribution < 1.29 is 23.9 Å². The second-order valence-electron chi connectivity index (χ2n) is 9.22. The molecule has 7 nitrogen and oxygen atoms in total. The van der Waals surface area contributed by atoms with Crippen molar-refractivity contribution >= 4 is 23.5 Å². The van der Waals surface area contributed by atoms with Crippen LogP contribution < -0.4 is 4.90 Å². The molecule has 0 N–H and O–H groups in total. The van der Waals surface area contributed by atoms with Gasteiger partial charge in [-0.05, 0) is 36.2 Å². The first-order valence-corrected chi connectivity index (χ1v) is 12.6. The van der Waals surface area contributed by atoms with Gasteiger partial charge in [-0.2, -0.15) is 0 Å². The van der Waals surface area contributed by atoms with Crippen LogP contribution in [0.5, 0.6) is 0 Å². The van der Waals surface area contributed by atoms with Crippen LogP contribution >= 0.6 is 0 Å². The lowest BCUT2D eigenvalue weighted by Gasteiger charge is -2.39. The maximum Gasteiger partial charge on any atom is 0.312 e. The van der Waals surface area contributed by atoms with Crippen LogP contribution in [0.1, 0.15) is 40.4 Å². The SMILES string of the molecule is CCOC(=O)[C@@H]1[C@H]2c3ccccc3N(CCOC)C(=O)[C@H]2N(C(=O)c2ccccc2)[C@@H]1c1ccccc1. The van der Waals surface area contributed by atoms with Crippen LogP contribution in [0.3, 0.4) is 0 Å². The summed E-state index contributed by atoms with van der Waals surface area (Å²) in [5.41, 5.74) is 2.83. The molecule has 190 valence electrons. The van der Waals surface area contributed by atoms with Gasteiger partial charge in [0.15, 0.2) is 0 Å². The minimum absolute atomic E-state index is 0.205. The number of hydrogen-bond donors (Lipinski definition) is 0. The molecule has 0 spiro atoms. The molecule has 1 saturated heterocycles. The predicted octanol–water partition coefficient (Wildman–Crippen LogP) is 4.21. The van der Waals surface area contributed by atoms with Gasteiger partial charge in [-0.15, -0.1) is 0 Å². The van der Waals surface area contributed by atoms with Crippen LogP contribution in [-0.4, -0.2) is 55.6 Å². The zero-order valence-electron chi connectivity index (χ0n) is 20.9. The summed E-state index contributed by atoms with van der Waals surface area (Å²) in [4.78, 5) is 45.4. The zero-order chi connectivity index (χ0) is 25.9. The first kappa shape index (κ1) is 24.7. The Morgan fingerprint density at radius 2 is 1.51 bits per heavy atom. The highest BCUT2D eigenvalue weighted by Crippen LogP contribution is 2.55. The van der Waals surface area contributed by atoms with Crippen molar-refractivity contribution in [3.8, 4) is 0 Å². The van der Waals surface area contributed by atoms with Crippen molar-refractivity contribution in [3.05, 3.63) is 102 Å². The standard InChI is InChI=1S/C30H30N2O5/c1-3-37-30(35)25-24-22-16-10-11-17-23(22)31(18-19-36-2)29(34)27(24)32(26(25)20-12-6-4-7-13-20)28(33)21-14-8-5-9-15-21/h4-17,24-27H,3,18-19H2,1-2H3/t24-,25-,26-,27+/m1/s1. The first-order chi connectivity index (χ1) is 18.1. The third kappa shape index (κ3) is 4.29. The Morgan fingerprint density at radius 3 is 2.19 bits per heavy atom. The van der Waals surface area contributed by atoms with Crippen molar-refractivity contribution in [2.45, 2.75) is 24.9 Å². The van der Waals surface area contributed by atoms with E-state index in [0.717, 1.165) is 16.8 Å². The van der Waals surface area contributed by atoms with Crippen LogP contribution in [-0.2, 0) is 19.1 Å². The number of carbonyl (C=O) groups is 3. The van der Waals surface area contributed by atoms with Gasteiger partial charge in [0.25, 0.3) is 11.8 Å². The molecule has 2 aliphatic rings. The minimum Gasteiger partial charge on any atom is -0.466 e. The number of carbonyl (C=O) groups excluding carboxylic acids is 3. The van der Waals surface area contributed by atoms with E-state index < -0.39 is 29.9 Å². The van der Waals surface area contributed by atoms with E-state index in [2.05, 4.69) is 0 Å². The summed E-state index contributed by atoms with van der Waals surface area (Å²) in [7, 11) is 1.59. The molecule has 3 aromatic carbocycles. The maximum absolute atomic E-state index is 14.2.